The number of nitrogens with one attached hydrogen (secondary N) is 1. The first-order valence-electron chi connectivity index (χ1n) is 14.1. The number of aromatic amines is 1. The van der Waals surface area contributed by atoms with Crippen LogP contribution < -0.4 is 0 Å². The molecule has 0 fully saturated rings. The summed E-state index contributed by atoms with van der Waals surface area (Å²) in [6.45, 7) is 0. The van der Waals surface area contributed by atoms with E-state index in [9.17, 15) is 0 Å². The van der Waals surface area contributed by atoms with E-state index >= 15 is 0 Å². The molecule has 2 aliphatic rings. The van der Waals surface area contributed by atoms with Crippen molar-refractivity contribution >= 4 is 46.4 Å². The first kappa shape index (κ1) is 26.9. The fraction of sp³-hybridized carbons (Fsp3) is 0. The van der Waals surface area contributed by atoms with E-state index in [1.165, 1.54) is 0 Å². The predicted molar refractivity (Wildman–Crippen MR) is 169 cm³/mol. The Morgan fingerprint density at radius 2 is 1.09 bits per heavy atom. The average Bonchev–Trinajstić information content (AvgIpc) is 3.87. The van der Waals surface area contributed by atoms with Crippen molar-refractivity contribution in [2.75, 3.05) is 0 Å². The SMILES string of the molecule is C1=Cc2cc3c(-c4ccco4)c(-c4ccco4)c(c(-c4ccco4)c4nc(cc5ccc(cc1n2)[nH]5)C=C4)n3-c1ccco1.[Zn]. The maximum absolute atomic E-state index is 6.13. The molecule has 0 aliphatic carbocycles. The number of nitrogens with zero attached hydrogens (tertiary/aromatic N) is 3. The monoisotopic (exact) mass is 638 g/mol. The van der Waals surface area contributed by atoms with Gasteiger partial charge in [-0.15, -0.1) is 0 Å². The van der Waals surface area contributed by atoms with Crippen LogP contribution in [-0.4, -0.2) is 19.5 Å². The van der Waals surface area contributed by atoms with Gasteiger partial charge in [0, 0.05) is 36.6 Å². The van der Waals surface area contributed by atoms with Gasteiger partial charge in [0.25, 0.3) is 0 Å². The smallest absolute Gasteiger partial charge is 0.204 e. The average molecular weight is 640 g/mol. The summed E-state index contributed by atoms with van der Waals surface area (Å²) in [6, 6.07) is 25.4. The zero-order valence-electron chi connectivity index (χ0n) is 23.8. The molecule has 9 rings (SSSR count). The van der Waals surface area contributed by atoms with Gasteiger partial charge >= 0.3 is 0 Å². The number of hydrogen-bond donors (Lipinski definition) is 1. The fourth-order valence-electron chi connectivity index (χ4n) is 5.92. The first-order chi connectivity index (χ1) is 21.8. The normalized spacial score (nSPS) is 12.1. The molecule has 8 bridgehead atoms. The molecular formula is C36H22N4O4Zn. The van der Waals surface area contributed by atoms with Crippen LogP contribution in [0.15, 0.2) is 122 Å². The third kappa shape index (κ3) is 4.56. The Morgan fingerprint density at radius 3 is 1.71 bits per heavy atom. The number of aromatic nitrogens is 4. The van der Waals surface area contributed by atoms with Gasteiger partial charge in [0.1, 0.15) is 17.3 Å². The minimum absolute atomic E-state index is 0. The second-order valence-electron chi connectivity index (χ2n) is 10.4. The summed E-state index contributed by atoms with van der Waals surface area (Å²) in [6.07, 6.45) is 14.7. The van der Waals surface area contributed by atoms with Crippen LogP contribution in [0.2, 0.25) is 0 Å². The fourth-order valence-corrected chi connectivity index (χ4v) is 5.92. The molecule has 45 heavy (non-hydrogen) atoms. The van der Waals surface area contributed by atoms with E-state index in [4.69, 9.17) is 27.6 Å². The molecule has 0 spiro atoms. The number of hydrogen-bond acceptors (Lipinski definition) is 6. The Bertz CT molecular complexity index is 2370. The Kier molecular flexibility index (Phi) is 6.47. The summed E-state index contributed by atoms with van der Waals surface area (Å²) in [5.74, 6) is 2.54. The molecule has 2 aliphatic heterocycles. The van der Waals surface area contributed by atoms with Gasteiger partial charge in [-0.25, -0.2) is 9.97 Å². The van der Waals surface area contributed by atoms with E-state index in [0.717, 1.165) is 61.5 Å². The molecule has 7 aromatic heterocycles. The standard InChI is InChI=1S/C36H22N4O4.Zn/c1-5-29(41-15-1)33-27-14-13-25(39-27)20-24-10-9-22(37-24)19-23-11-12-26(38-23)21-28-34(30-6-2-16-42-30)35(31-7-3-17-43-31)36(33)40(28)32-8-4-18-44-32;/h1-21,37H;. The summed E-state index contributed by atoms with van der Waals surface area (Å²) in [4.78, 5) is 13.5. The molecule has 1 N–H and O–H groups in total. The van der Waals surface area contributed by atoms with Crippen LogP contribution in [0.5, 0.6) is 0 Å². The van der Waals surface area contributed by atoms with Crippen LogP contribution in [-0.2, 0) is 19.5 Å². The summed E-state index contributed by atoms with van der Waals surface area (Å²) < 4.78 is 26.5. The van der Waals surface area contributed by atoms with Crippen LogP contribution in [0.25, 0.3) is 86.2 Å². The van der Waals surface area contributed by atoms with Crippen molar-refractivity contribution in [1.82, 2.24) is 19.5 Å². The molecule has 8 nitrogen and oxygen atoms in total. The molecule has 9 heteroatoms. The van der Waals surface area contributed by atoms with Crippen LogP contribution >= 0.6 is 0 Å². The topological polar surface area (TPSA) is 99.1 Å². The summed E-state index contributed by atoms with van der Waals surface area (Å²) >= 11 is 0. The van der Waals surface area contributed by atoms with Gasteiger partial charge in [-0.1, -0.05) is 0 Å². The zero-order chi connectivity index (χ0) is 29.0. The predicted octanol–water partition coefficient (Wildman–Crippen LogP) is 9.49. The molecule has 7 aromatic rings. The van der Waals surface area contributed by atoms with Crippen molar-refractivity contribution in [1.29, 1.82) is 0 Å². The summed E-state index contributed by atoms with van der Waals surface area (Å²) in [5, 5.41) is 0. The number of H-pyrrole nitrogens is 1. The number of furan rings is 4. The summed E-state index contributed by atoms with van der Waals surface area (Å²) in [7, 11) is 0. The molecule has 0 radical (unpaired) electrons. The molecule has 212 valence electrons. The first-order valence-corrected chi connectivity index (χ1v) is 14.1. The maximum Gasteiger partial charge on any atom is 0.204 e. The van der Waals surface area contributed by atoms with E-state index in [0.29, 0.717) is 23.2 Å². The second-order valence-corrected chi connectivity index (χ2v) is 10.4. The van der Waals surface area contributed by atoms with Gasteiger partial charge < -0.3 is 22.7 Å². The number of fused-ring (bicyclic) bond motifs is 8. The van der Waals surface area contributed by atoms with E-state index < -0.39 is 0 Å². The van der Waals surface area contributed by atoms with Crippen molar-refractivity contribution in [2.24, 2.45) is 0 Å². The molecule has 0 saturated heterocycles. The molecular weight excluding hydrogens is 618 g/mol. The van der Waals surface area contributed by atoms with Gasteiger partial charge in [0.15, 0.2) is 0 Å². The van der Waals surface area contributed by atoms with Gasteiger partial charge in [-0.3, -0.25) is 4.57 Å². The van der Waals surface area contributed by atoms with Crippen molar-refractivity contribution < 1.29 is 37.1 Å². The van der Waals surface area contributed by atoms with Crippen molar-refractivity contribution in [3.8, 4) is 39.9 Å². The van der Waals surface area contributed by atoms with Gasteiger partial charge in [-0.05, 0) is 97.1 Å². The van der Waals surface area contributed by atoms with Crippen LogP contribution in [0.1, 0.15) is 22.8 Å². The largest absolute Gasteiger partial charge is 0.464 e. The molecule has 0 atom stereocenters. The van der Waals surface area contributed by atoms with Crippen LogP contribution in [0.3, 0.4) is 0 Å². The van der Waals surface area contributed by atoms with E-state index in [1.807, 2.05) is 103 Å². The van der Waals surface area contributed by atoms with Crippen molar-refractivity contribution in [3.63, 3.8) is 0 Å². The maximum atomic E-state index is 6.13. The molecule has 0 saturated carbocycles. The minimum Gasteiger partial charge on any atom is -0.464 e. The van der Waals surface area contributed by atoms with E-state index in [2.05, 4.69) is 9.55 Å². The van der Waals surface area contributed by atoms with Gasteiger partial charge in [-0.2, -0.15) is 0 Å². The van der Waals surface area contributed by atoms with Crippen molar-refractivity contribution in [3.05, 3.63) is 127 Å². The second kappa shape index (κ2) is 10.8. The Morgan fingerprint density at radius 1 is 0.533 bits per heavy atom. The molecule has 0 unspecified atom stereocenters. The molecule has 0 amide bonds. The third-order valence-corrected chi connectivity index (χ3v) is 7.70. The van der Waals surface area contributed by atoms with Crippen LogP contribution in [0.4, 0.5) is 0 Å². The van der Waals surface area contributed by atoms with Gasteiger partial charge in [0.05, 0.1) is 75.6 Å². The quantitative estimate of drug-likeness (QED) is 0.193. The Balaban J connectivity index is 0.00000300. The van der Waals surface area contributed by atoms with Gasteiger partial charge in [0.2, 0.25) is 5.88 Å². The molecule has 9 heterocycles. The Hall–Kier alpha value is -5.66. The van der Waals surface area contributed by atoms with E-state index in [1.54, 1.807) is 25.1 Å². The van der Waals surface area contributed by atoms with E-state index in [-0.39, 0.29) is 19.5 Å². The zero-order valence-corrected chi connectivity index (χ0v) is 26.8. The molecule has 0 aromatic carbocycles. The minimum atomic E-state index is 0. The number of rotatable bonds is 4. The third-order valence-electron chi connectivity index (χ3n) is 7.70. The van der Waals surface area contributed by atoms with Crippen molar-refractivity contribution in [2.45, 2.75) is 0 Å². The summed E-state index contributed by atoms with van der Waals surface area (Å²) in [5.41, 5.74) is 8.91. The van der Waals surface area contributed by atoms with Crippen LogP contribution in [0, 0.1) is 0 Å². The Labute approximate surface area is 268 Å².